The minimum absolute atomic E-state index is 0.0422. The first-order valence-electron chi connectivity index (χ1n) is 7.39. The van der Waals surface area contributed by atoms with Crippen molar-refractivity contribution < 1.29 is 13.8 Å². The zero-order valence-corrected chi connectivity index (χ0v) is 13.3. The van der Waals surface area contributed by atoms with Crippen molar-refractivity contribution in [3.63, 3.8) is 0 Å². The summed E-state index contributed by atoms with van der Waals surface area (Å²) in [5.74, 6) is 0.773. The lowest BCUT2D eigenvalue weighted by molar-refractivity contribution is 0.0983. The Morgan fingerprint density at radius 1 is 1.26 bits per heavy atom. The fraction of sp³-hybridized carbons (Fsp3) is 0.235. The minimum atomic E-state index is -0.0422. The molecule has 5 nitrogen and oxygen atoms in total. The molecule has 2 aliphatic heterocycles. The van der Waals surface area contributed by atoms with Crippen LogP contribution in [0.1, 0.15) is 15.9 Å². The van der Waals surface area contributed by atoms with Crippen LogP contribution in [0, 0.1) is 0 Å². The molecule has 4 rings (SSSR count). The largest absolute Gasteiger partial charge is 0.493 e. The first-order chi connectivity index (χ1) is 11.2. The summed E-state index contributed by atoms with van der Waals surface area (Å²) in [4.78, 5) is 15.0. The molecule has 0 aromatic heterocycles. The number of nitrogens with zero attached hydrogens (tertiary/aromatic N) is 1. The number of benzene rings is 2. The normalized spacial score (nSPS) is 18.4. The van der Waals surface area contributed by atoms with E-state index in [1.807, 2.05) is 23.1 Å². The summed E-state index contributed by atoms with van der Waals surface area (Å²) in [6.07, 6.45) is 0.846. The van der Waals surface area contributed by atoms with Gasteiger partial charge in [-0.2, -0.15) is 0 Å². The Morgan fingerprint density at radius 2 is 2.09 bits per heavy atom. The van der Waals surface area contributed by atoms with E-state index in [1.165, 1.54) is 12.7 Å². The van der Waals surface area contributed by atoms with Gasteiger partial charge in [-0.25, -0.2) is 0 Å². The molecule has 2 heterocycles. The van der Waals surface area contributed by atoms with Gasteiger partial charge in [0.25, 0.3) is 5.91 Å². The van der Waals surface area contributed by atoms with E-state index in [1.54, 1.807) is 12.1 Å². The molecule has 2 aromatic carbocycles. The topological polar surface area (TPSA) is 50.8 Å². The fourth-order valence-electron chi connectivity index (χ4n) is 3.36. The van der Waals surface area contributed by atoms with Crippen molar-refractivity contribution in [3.05, 3.63) is 47.5 Å². The predicted octanol–water partition coefficient (Wildman–Crippen LogP) is 3.22. The maximum absolute atomic E-state index is 13.1. The van der Waals surface area contributed by atoms with Crippen LogP contribution in [-0.4, -0.2) is 25.6 Å². The van der Waals surface area contributed by atoms with E-state index in [0.717, 1.165) is 12.1 Å². The molecule has 2 aliphatic rings. The molecule has 0 radical (unpaired) electrons. The Labute approximate surface area is 138 Å². The van der Waals surface area contributed by atoms with Gasteiger partial charge in [0.2, 0.25) is 0 Å². The second-order valence-corrected chi connectivity index (χ2v) is 5.82. The lowest BCUT2D eigenvalue weighted by Gasteiger charge is -2.22. The SMILES string of the molecule is COc1cc2c(cc1OCl)NC[C@@H]1Cc3ccccc3N1C2=O. The molecule has 0 fully saturated rings. The number of fused-ring (bicyclic) bond motifs is 4. The number of anilines is 2. The van der Waals surface area contributed by atoms with Gasteiger partial charge in [-0.05, 0) is 24.1 Å². The standard InChI is InChI=1S/C17H15ClN2O3/c1-22-15-7-12-13(8-16(15)23-18)19-9-11-6-10-4-2-3-5-14(10)20(11)17(12)21/h2-5,7-8,11,19H,6,9H2,1H3/t11-/m0/s1. The number of para-hydroxylation sites is 1. The summed E-state index contributed by atoms with van der Waals surface area (Å²) in [6.45, 7) is 0.668. The van der Waals surface area contributed by atoms with E-state index in [0.29, 0.717) is 29.3 Å². The zero-order valence-electron chi connectivity index (χ0n) is 12.5. The molecule has 118 valence electrons. The van der Waals surface area contributed by atoms with E-state index in [9.17, 15) is 4.79 Å². The van der Waals surface area contributed by atoms with Gasteiger partial charge >= 0.3 is 0 Å². The van der Waals surface area contributed by atoms with Crippen molar-refractivity contribution in [1.29, 1.82) is 0 Å². The van der Waals surface area contributed by atoms with E-state index in [2.05, 4.69) is 11.4 Å². The van der Waals surface area contributed by atoms with Crippen LogP contribution < -0.4 is 19.2 Å². The van der Waals surface area contributed by atoms with Crippen molar-refractivity contribution in [2.45, 2.75) is 12.5 Å². The number of rotatable bonds is 2. The van der Waals surface area contributed by atoms with Gasteiger partial charge in [0, 0.05) is 18.3 Å². The van der Waals surface area contributed by atoms with Gasteiger partial charge in [-0.15, -0.1) is 0 Å². The van der Waals surface area contributed by atoms with E-state index in [4.69, 9.17) is 20.9 Å². The highest BCUT2D eigenvalue weighted by Gasteiger charge is 2.37. The molecule has 0 saturated heterocycles. The molecule has 1 N–H and O–H groups in total. The Balaban J connectivity index is 1.83. The summed E-state index contributed by atoms with van der Waals surface area (Å²) >= 11 is 5.49. The monoisotopic (exact) mass is 330 g/mol. The van der Waals surface area contributed by atoms with E-state index < -0.39 is 0 Å². The lowest BCUT2D eigenvalue weighted by atomic mass is 10.1. The van der Waals surface area contributed by atoms with Crippen LogP contribution in [0.3, 0.4) is 0 Å². The molecule has 1 atom stereocenters. The van der Waals surface area contributed by atoms with E-state index >= 15 is 0 Å². The second kappa shape index (κ2) is 5.35. The Bertz CT molecular complexity index is 793. The van der Waals surface area contributed by atoms with Crippen LogP contribution in [0.4, 0.5) is 11.4 Å². The van der Waals surface area contributed by atoms with Crippen molar-refractivity contribution in [3.8, 4) is 11.5 Å². The smallest absolute Gasteiger partial charge is 0.260 e. The summed E-state index contributed by atoms with van der Waals surface area (Å²) < 4.78 is 10.1. The van der Waals surface area contributed by atoms with Crippen LogP contribution in [0.15, 0.2) is 36.4 Å². The number of methoxy groups -OCH3 is 1. The van der Waals surface area contributed by atoms with Gasteiger partial charge in [0.15, 0.2) is 11.5 Å². The maximum atomic E-state index is 13.1. The molecular weight excluding hydrogens is 316 g/mol. The van der Waals surface area contributed by atoms with Crippen LogP contribution >= 0.6 is 11.9 Å². The molecule has 0 spiro atoms. The third-order valence-corrected chi connectivity index (χ3v) is 4.60. The number of hydrogen-bond acceptors (Lipinski definition) is 4. The van der Waals surface area contributed by atoms with Gasteiger partial charge in [0.05, 0.1) is 24.4 Å². The van der Waals surface area contributed by atoms with Crippen LogP contribution in [0.25, 0.3) is 0 Å². The number of amides is 1. The fourth-order valence-corrected chi connectivity index (χ4v) is 3.48. The van der Waals surface area contributed by atoms with Crippen molar-refractivity contribution in [1.82, 2.24) is 0 Å². The predicted molar refractivity (Wildman–Crippen MR) is 88.7 cm³/mol. The average Bonchev–Trinajstić information content (AvgIpc) is 2.90. The van der Waals surface area contributed by atoms with Crippen molar-refractivity contribution >= 4 is 29.1 Å². The summed E-state index contributed by atoms with van der Waals surface area (Å²) in [7, 11) is 1.52. The van der Waals surface area contributed by atoms with Crippen LogP contribution in [-0.2, 0) is 6.42 Å². The van der Waals surface area contributed by atoms with Crippen molar-refractivity contribution in [2.24, 2.45) is 0 Å². The quantitative estimate of drug-likeness (QED) is 0.918. The molecule has 0 unspecified atom stereocenters. The number of carbonyl (C=O) groups is 1. The lowest BCUT2D eigenvalue weighted by Crippen LogP contribution is -2.39. The number of halogens is 1. The third kappa shape index (κ3) is 2.11. The Kier molecular flexibility index (Phi) is 3.31. The molecule has 0 bridgehead atoms. The molecule has 1 amide bonds. The minimum Gasteiger partial charge on any atom is -0.493 e. The van der Waals surface area contributed by atoms with E-state index in [-0.39, 0.29) is 11.9 Å². The highest BCUT2D eigenvalue weighted by atomic mass is 35.5. The molecule has 23 heavy (non-hydrogen) atoms. The Morgan fingerprint density at radius 3 is 2.87 bits per heavy atom. The molecule has 0 aliphatic carbocycles. The highest BCUT2D eigenvalue weighted by Crippen LogP contribution is 2.40. The zero-order chi connectivity index (χ0) is 16.0. The van der Waals surface area contributed by atoms with Gasteiger partial charge in [-0.1, -0.05) is 18.2 Å². The molecule has 0 saturated carbocycles. The summed E-state index contributed by atoms with van der Waals surface area (Å²) in [5.41, 5.74) is 3.44. The number of hydrogen-bond donors (Lipinski definition) is 1. The third-order valence-electron chi connectivity index (χ3n) is 4.44. The first-order valence-corrected chi connectivity index (χ1v) is 7.69. The number of ether oxygens (including phenoxy) is 1. The van der Waals surface area contributed by atoms with Gasteiger partial charge < -0.3 is 19.2 Å². The van der Waals surface area contributed by atoms with Gasteiger partial charge in [0.1, 0.15) is 11.9 Å². The number of carbonyl (C=O) groups excluding carboxylic acids is 1. The summed E-state index contributed by atoms with van der Waals surface area (Å²) in [6, 6.07) is 11.5. The second-order valence-electron chi connectivity index (χ2n) is 5.67. The molecular formula is C17H15ClN2O3. The molecule has 6 heteroatoms. The maximum Gasteiger partial charge on any atom is 0.260 e. The van der Waals surface area contributed by atoms with Crippen LogP contribution in [0.5, 0.6) is 11.5 Å². The average molecular weight is 331 g/mol. The molecule has 2 aromatic rings. The number of nitrogens with one attached hydrogen (secondary N) is 1. The van der Waals surface area contributed by atoms with Crippen LogP contribution in [0.2, 0.25) is 0 Å². The van der Waals surface area contributed by atoms with Crippen molar-refractivity contribution in [2.75, 3.05) is 23.9 Å². The van der Waals surface area contributed by atoms with Gasteiger partial charge in [-0.3, -0.25) is 4.79 Å². The highest BCUT2D eigenvalue weighted by molar-refractivity contribution is 6.13. The Hall–Kier alpha value is -2.40. The first kappa shape index (κ1) is 14.2. The summed E-state index contributed by atoms with van der Waals surface area (Å²) in [5, 5.41) is 3.33.